The van der Waals surface area contributed by atoms with Crippen molar-refractivity contribution in [2.75, 3.05) is 0 Å². The number of hydrogen-bond acceptors (Lipinski definition) is 5. The van der Waals surface area contributed by atoms with Gasteiger partial charge < -0.3 is 0 Å². The molecule has 1 aliphatic rings. The van der Waals surface area contributed by atoms with E-state index in [0.29, 0.717) is 9.93 Å². The number of carbonyl (C=O) groups is 2. The van der Waals surface area contributed by atoms with E-state index in [0.717, 1.165) is 25.7 Å². The van der Waals surface area contributed by atoms with Crippen LogP contribution < -0.4 is 0 Å². The third-order valence-corrected chi connectivity index (χ3v) is 6.79. The smallest absolute Gasteiger partial charge is 0.268 e. The van der Waals surface area contributed by atoms with Gasteiger partial charge in [-0.2, -0.15) is 0 Å². The van der Waals surface area contributed by atoms with Crippen molar-refractivity contribution in [3.63, 3.8) is 0 Å². The monoisotopic (exact) mass is 407 g/mol. The second-order valence-electron chi connectivity index (χ2n) is 5.24. The zero-order valence-electron chi connectivity index (χ0n) is 13.3. The van der Waals surface area contributed by atoms with E-state index in [1.807, 2.05) is 36.4 Å². The normalized spacial score (nSPS) is 17.4. The quantitative estimate of drug-likeness (QED) is 0.439. The van der Waals surface area contributed by atoms with Crippen LogP contribution in [0.25, 0.3) is 6.08 Å². The van der Waals surface area contributed by atoms with E-state index < -0.39 is 0 Å². The number of amides is 2. The number of rotatable bonds is 5. The van der Waals surface area contributed by atoms with Crippen molar-refractivity contribution < 1.29 is 9.59 Å². The number of halogens is 1. The lowest BCUT2D eigenvalue weighted by atomic mass is 10.3. The van der Waals surface area contributed by atoms with Gasteiger partial charge in [0, 0.05) is 14.8 Å². The maximum Gasteiger partial charge on any atom is 0.294 e. The van der Waals surface area contributed by atoms with Crippen LogP contribution in [-0.2, 0) is 4.79 Å². The standard InChI is InChI=1S/C18H14ClNO2S3/c1-3-11(2)20-17(21)15(25-18(20)22)10-14-8-9-16(24-14)23-13-6-4-12(19)5-7-13/h3-11H,1H2,2H3/b15-10-/t11-/m0/s1. The van der Waals surface area contributed by atoms with Gasteiger partial charge in [0.05, 0.1) is 15.2 Å². The molecule has 3 nitrogen and oxygen atoms in total. The van der Waals surface area contributed by atoms with Crippen molar-refractivity contribution in [3.8, 4) is 0 Å². The molecule has 0 aliphatic carbocycles. The van der Waals surface area contributed by atoms with Crippen LogP contribution in [-0.4, -0.2) is 22.1 Å². The predicted molar refractivity (Wildman–Crippen MR) is 107 cm³/mol. The molecule has 0 unspecified atom stereocenters. The van der Waals surface area contributed by atoms with Crippen LogP contribution >= 0.6 is 46.5 Å². The molecule has 128 valence electrons. The number of thioether (sulfide) groups is 1. The minimum absolute atomic E-state index is 0.254. The molecule has 2 amide bonds. The molecule has 2 aromatic rings. The Hall–Kier alpha value is -1.47. The first-order valence-corrected chi connectivity index (χ1v) is 10.2. The number of benzene rings is 1. The van der Waals surface area contributed by atoms with E-state index in [1.54, 1.807) is 42.2 Å². The highest BCUT2D eigenvalue weighted by Gasteiger charge is 2.37. The molecule has 3 rings (SSSR count). The lowest BCUT2D eigenvalue weighted by molar-refractivity contribution is -0.123. The fraction of sp³-hybridized carbons (Fsp3) is 0.111. The summed E-state index contributed by atoms with van der Waals surface area (Å²) < 4.78 is 1.10. The molecular formula is C18H14ClNO2S3. The van der Waals surface area contributed by atoms with Crippen molar-refractivity contribution >= 4 is 63.7 Å². The van der Waals surface area contributed by atoms with Gasteiger partial charge in [0.15, 0.2) is 0 Å². The SMILES string of the molecule is C=C[C@H](C)N1C(=O)S/C(=C\c2ccc(Sc3ccc(Cl)cc3)s2)C1=O. The van der Waals surface area contributed by atoms with Crippen LogP contribution in [0.3, 0.4) is 0 Å². The molecule has 1 aromatic carbocycles. The Labute approximate surface area is 163 Å². The van der Waals surface area contributed by atoms with Gasteiger partial charge in [-0.3, -0.25) is 14.5 Å². The number of imide groups is 1. The predicted octanol–water partition coefficient (Wildman–Crippen LogP) is 6.16. The van der Waals surface area contributed by atoms with Gasteiger partial charge in [0.1, 0.15) is 0 Å². The molecule has 25 heavy (non-hydrogen) atoms. The zero-order valence-corrected chi connectivity index (χ0v) is 16.5. The zero-order chi connectivity index (χ0) is 18.0. The molecule has 1 fully saturated rings. The highest BCUT2D eigenvalue weighted by molar-refractivity contribution is 8.18. The molecule has 0 spiro atoms. The van der Waals surface area contributed by atoms with E-state index >= 15 is 0 Å². The van der Waals surface area contributed by atoms with Gasteiger partial charge in [0.25, 0.3) is 11.1 Å². The van der Waals surface area contributed by atoms with Gasteiger partial charge in [-0.15, -0.1) is 17.9 Å². The van der Waals surface area contributed by atoms with Crippen molar-refractivity contribution in [2.45, 2.75) is 22.1 Å². The molecular weight excluding hydrogens is 394 g/mol. The second kappa shape index (κ2) is 7.83. The fourth-order valence-corrected chi connectivity index (χ4v) is 5.32. The van der Waals surface area contributed by atoms with Crippen molar-refractivity contribution in [1.82, 2.24) is 4.90 Å². The first-order valence-electron chi connectivity index (χ1n) is 7.41. The minimum atomic E-state index is -0.308. The average Bonchev–Trinajstić information content (AvgIpc) is 3.14. The van der Waals surface area contributed by atoms with E-state index in [4.69, 9.17) is 11.6 Å². The average molecular weight is 408 g/mol. The van der Waals surface area contributed by atoms with Gasteiger partial charge in [0.2, 0.25) is 0 Å². The molecule has 1 aromatic heterocycles. The van der Waals surface area contributed by atoms with Crippen LogP contribution in [0.4, 0.5) is 4.79 Å². The van der Waals surface area contributed by atoms with Crippen LogP contribution in [0.1, 0.15) is 11.8 Å². The maximum atomic E-state index is 12.4. The summed E-state index contributed by atoms with van der Waals surface area (Å²) in [4.78, 5) is 28.2. The van der Waals surface area contributed by atoms with Gasteiger partial charge in [-0.05, 0) is 61.2 Å². The van der Waals surface area contributed by atoms with Crippen molar-refractivity contribution in [3.05, 3.63) is 63.9 Å². The Morgan fingerprint density at radius 2 is 1.92 bits per heavy atom. The molecule has 7 heteroatoms. The molecule has 0 N–H and O–H groups in total. The molecule has 0 saturated carbocycles. The largest absolute Gasteiger partial charge is 0.294 e. The summed E-state index contributed by atoms with van der Waals surface area (Å²) in [6.07, 6.45) is 3.36. The summed E-state index contributed by atoms with van der Waals surface area (Å²) in [5.41, 5.74) is 0. The van der Waals surface area contributed by atoms with E-state index in [2.05, 4.69) is 6.58 Å². The van der Waals surface area contributed by atoms with Crippen LogP contribution in [0.15, 0.2) is 63.1 Å². The summed E-state index contributed by atoms with van der Waals surface area (Å²) in [5.74, 6) is -0.261. The molecule has 2 heterocycles. The Balaban J connectivity index is 1.75. The maximum absolute atomic E-state index is 12.4. The van der Waals surface area contributed by atoms with E-state index in [1.165, 1.54) is 4.90 Å². The Bertz CT molecular complexity index is 857. The Morgan fingerprint density at radius 1 is 1.20 bits per heavy atom. The van der Waals surface area contributed by atoms with Crippen molar-refractivity contribution in [2.24, 2.45) is 0 Å². The van der Waals surface area contributed by atoms with Gasteiger partial charge >= 0.3 is 0 Å². The fourth-order valence-electron chi connectivity index (χ4n) is 2.15. The summed E-state index contributed by atoms with van der Waals surface area (Å²) >= 11 is 10.1. The van der Waals surface area contributed by atoms with Gasteiger partial charge in [-0.25, -0.2) is 0 Å². The lowest BCUT2D eigenvalue weighted by Crippen LogP contribution is -2.35. The highest BCUT2D eigenvalue weighted by atomic mass is 35.5. The van der Waals surface area contributed by atoms with Crippen LogP contribution in [0.5, 0.6) is 0 Å². The highest BCUT2D eigenvalue weighted by Crippen LogP contribution is 2.38. The first-order chi connectivity index (χ1) is 12.0. The molecule has 0 bridgehead atoms. The molecule has 1 saturated heterocycles. The minimum Gasteiger partial charge on any atom is -0.268 e. The number of carbonyl (C=O) groups excluding carboxylic acids is 2. The number of hydrogen-bond donors (Lipinski definition) is 0. The molecule has 1 atom stereocenters. The number of nitrogens with zero attached hydrogens (tertiary/aromatic N) is 1. The lowest BCUT2D eigenvalue weighted by Gasteiger charge is -2.17. The van der Waals surface area contributed by atoms with E-state index in [9.17, 15) is 9.59 Å². The first kappa shape index (κ1) is 18.3. The summed E-state index contributed by atoms with van der Waals surface area (Å²) in [6, 6.07) is 11.3. The summed E-state index contributed by atoms with van der Waals surface area (Å²) in [6.45, 7) is 5.42. The topological polar surface area (TPSA) is 37.4 Å². The second-order valence-corrected chi connectivity index (χ2v) is 9.16. The Morgan fingerprint density at radius 3 is 2.60 bits per heavy atom. The molecule has 1 aliphatic heterocycles. The number of thiophene rings is 1. The third kappa shape index (κ3) is 4.20. The van der Waals surface area contributed by atoms with E-state index in [-0.39, 0.29) is 17.2 Å². The summed E-state index contributed by atoms with van der Waals surface area (Å²) in [5, 5.41) is 0.455. The third-order valence-electron chi connectivity index (χ3n) is 3.48. The molecule has 0 radical (unpaired) electrons. The van der Waals surface area contributed by atoms with Crippen molar-refractivity contribution in [1.29, 1.82) is 0 Å². The Kier molecular flexibility index (Phi) is 5.74. The van der Waals surface area contributed by atoms with Gasteiger partial charge in [-0.1, -0.05) is 29.4 Å². The van der Waals surface area contributed by atoms with Crippen LogP contribution in [0.2, 0.25) is 5.02 Å². The van der Waals surface area contributed by atoms with Crippen LogP contribution in [0, 0.1) is 0 Å². The summed E-state index contributed by atoms with van der Waals surface area (Å²) in [7, 11) is 0.